The smallest absolute Gasteiger partial charge is 0.293 e. The summed E-state index contributed by atoms with van der Waals surface area (Å²) in [6, 6.07) is 11.4. The summed E-state index contributed by atoms with van der Waals surface area (Å²) in [5.74, 6) is 0.439. The summed E-state index contributed by atoms with van der Waals surface area (Å²) in [7, 11) is 0. The predicted molar refractivity (Wildman–Crippen MR) is 68.5 cm³/mol. The number of para-hydroxylation sites is 1. The van der Waals surface area contributed by atoms with Gasteiger partial charge in [-0.2, -0.15) is 9.78 Å². The molecule has 0 aliphatic rings. The van der Waals surface area contributed by atoms with Crippen molar-refractivity contribution in [2.24, 2.45) is 0 Å². The fourth-order valence-electron chi connectivity index (χ4n) is 1.60. The molecular formula is C14H15N3O. The fraction of sp³-hybridized carbons (Fsp3) is 0.286. The Kier molecular flexibility index (Phi) is 3.07. The van der Waals surface area contributed by atoms with E-state index in [-0.39, 0.29) is 5.41 Å². The molecular weight excluding hydrogens is 226 g/mol. The second-order valence-electron chi connectivity index (χ2n) is 5.06. The van der Waals surface area contributed by atoms with Gasteiger partial charge in [0.1, 0.15) is 0 Å². The molecule has 0 aliphatic heterocycles. The van der Waals surface area contributed by atoms with Crippen LogP contribution >= 0.6 is 0 Å². The summed E-state index contributed by atoms with van der Waals surface area (Å²) in [5, 5.41) is 13.2. The third kappa shape index (κ3) is 2.35. The number of benzene rings is 1. The average molecular weight is 241 g/mol. The number of nitrogens with zero attached hydrogens (tertiary/aromatic N) is 3. The summed E-state index contributed by atoms with van der Waals surface area (Å²) in [5.41, 5.74) is 1.67. The van der Waals surface area contributed by atoms with Gasteiger partial charge in [0.25, 0.3) is 6.26 Å². The van der Waals surface area contributed by atoms with E-state index >= 15 is 0 Å². The van der Waals surface area contributed by atoms with E-state index in [2.05, 4.69) is 25.9 Å². The molecule has 0 radical (unpaired) electrons. The highest BCUT2D eigenvalue weighted by molar-refractivity contribution is 5.37. The van der Waals surface area contributed by atoms with Gasteiger partial charge in [0, 0.05) is 11.5 Å². The lowest BCUT2D eigenvalue weighted by atomic mass is 9.93. The molecule has 0 amide bonds. The Morgan fingerprint density at radius 1 is 1.22 bits per heavy atom. The SMILES string of the molecule is CC(C)(C)c1cc(OC#N)n(-c2ccccc2)n1. The molecule has 2 rings (SSSR count). The van der Waals surface area contributed by atoms with Crippen molar-refractivity contribution in [1.82, 2.24) is 9.78 Å². The Morgan fingerprint density at radius 2 is 1.89 bits per heavy atom. The lowest BCUT2D eigenvalue weighted by Gasteiger charge is -2.13. The lowest BCUT2D eigenvalue weighted by molar-refractivity contribution is 0.465. The van der Waals surface area contributed by atoms with Crippen LogP contribution < -0.4 is 4.74 Å². The average Bonchev–Trinajstić information content (AvgIpc) is 2.75. The van der Waals surface area contributed by atoms with Crippen molar-refractivity contribution >= 4 is 0 Å². The van der Waals surface area contributed by atoms with Gasteiger partial charge < -0.3 is 4.74 Å². The van der Waals surface area contributed by atoms with E-state index < -0.39 is 0 Å². The van der Waals surface area contributed by atoms with Gasteiger partial charge in [-0.05, 0) is 12.1 Å². The molecule has 0 spiro atoms. The van der Waals surface area contributed by atoms with Gasteiger partial charge in [-0.25, -0.2) is 0 Å². The van der Waals surface area contributed by atoms with Crippen LogP contribution in [0.1, 0.15) is 26.5 Å². The second kappa shape index (κ2) is 4.53. The molecule has 0 saturated heterocycles. The first kappa shape index (κ1) is 12.2. The molecule has 4 heteroatoms. The number of hydrogen-bond donors (Lipinski definition) is 0. The van der Waals surface area contributed by atoms with Crippen molar-refractivity contribution < 1.29 is 4.74 Å². The maximum atomic E-state index is 8.69. The normalized spacial score (nSPS) is 11.0. The number of hydrogen-bond acceptors (Lipinski definition) is 3. The third-order valence-corrected chi connectivity index (χ3v) is 2.60. The predicted octanol–water partition coefficient (Wildman–Crippen LogP) is 3.03. The van der Waals surface area contributed by atoms with Crippen LogP contribution in [0.25, 0.3) is 5.69 Å². The summed E-state index contributed by atoms with van der Waals surface area (Å²) in [6.07, 6.45) is 1.70. The van der Waals surface area contributed by atoms with Crippen molar-refractivity contribution in [3.05, 3.63) is 42.1 Å². The largest absolute Gasteiger partial charge is 0.367 e. The Balaban J connectivity index is 2.53. The van der Waals surface area contributed by atoms with Crippen molar-refractivity contribution in [2.45, 2.75) is 26.2 Å². The van der Waals surface area contributed by atoms with E-state index in [1.54, 1.807) is 17.0 Å². The zero-order valence-electron chi connectivity index (χ0n) is 10.7. The van der Waals surface area contributed by atoms with Gasteiger partial charge in [0.15, 0.2) is 0 Å². The van der Waals surface area contributed by atoms with E-state index in [0.29, 0.717) is 5.88 Å². The Bertz CT molecular complexity index is 573. The standard InChI is InChI=1S/C14H15N3O/c1-14(2,3)12-9-13(18-10-15)17(16-12)11-7-5-4-6-8-11/h4-9H,1-3H3. The molecule has 0 atom stereocenters. The quantitative estimate of drug-likeness (QED) is 0.759. The fourth-order valence-corrected chi connectivity index (χ4v) is 1.60. The van der Waals surface area contributed by atoms with Crippen LogP contribution in [0.5, 0.6) is 5.88 Å². The van der Waals surface area contributed by atoms with Gasteiger partial charge in [0.2, 0.25) is 5.88 Å². The van der Waals surface area contributed by atoms with Gasteiger partial charge in [-0.1, -0.05) is 39.0 Å². The van der Waals surface area contributed by atoms with E-state index in [1.165, 1.54) is 0 Å². The highest BCUT2D eigenvalue weighted by Gasteiger charge is 2.21. The summed E-state index contributed by atoms with van der Waals surface area (Å²) >= 11 is 0. The first-order valence-corrected chi connectivity index (χ1v) is 5.74. The highest BCUT2D eigenvalue weighted by Crippen LogP contribution is 2.27. The van der Waals surface area contributed by atoms with Crippen molar-refractivity contribution in [3.63, 3.8) is 0 Å². The molecule has 2 aromatic rings. The minimum Gasteiger partial charge on any atom is -0.367 e. The molecule has 18 heavy (non-hydrogen) atoms. The van der Waals surface area contributed by atoms with Crippen LogP contribution in [0.4, 0.5) is 0 Å². The van der Waals surface area contributed by atoms with E-state index in [1.807, 2.05) is 30.3 Å². The number of nitriles is 1. The maximum Gasteiger partial charge on any atom is 0.293 e. The molecule has 0 bridgehead atoms. The topological polar surface area (TPSA) is 50.8 Å². The third-order valence-electron chi connectivity index (χ3n) is 2.60. The molecule has 0 unspecified atom stereocenters. The molecule has 1 aromatic heterocycles. The monoisotopic (exact) mass is 241 g/mol. The Labute approximate surface area is 106 Å². The Hall–Kier alpha value is -2.28. The second-order valence-corrected chi connectivity index (χ2v) is 5.06. The summed E-state index contributed by atoms with van der Waals surface area (Å²) in [4.78, 5) is 0. The molecule has 1 heterocycles. The van der Waals surface area contributed by atoms with Crippen LogP contribution in [0.15, 0.2) is 36.4 Å². The number of rotatable bonds is 2. The van der Waals surface area contributed by atoms with Gasteiger partial charge in [-0.15, -0.1) is 5.26 Å². The molecule has 0 fully saturated rings. The van der Waals surface area contributed by atoms with Gasteiger partial charge in [-0.3, -0.25) is 0 Å². The molecule has 0 N–H and O–H groups in total. The van der Waals surface area contributed by atoms with E-state index in [4.69, 9.17) is 10.00 Å². The van der Waals surface area contributed by atoms with Crippen LogP contribution in [-0.2, 0) is 5.41 Å². The molecule has 92 valence electrons. The van der Waals surface area contributed by atoms with E-state index in [0.717, 1.165) is 11.4 Å². The van der Waals surface area contributed by atoms with Gasteiger partial charge in [0.05, 0.1) is 11.4 Å². The van der Waals surface area contributed by atoms with Crippen molar-refractivity contribution in [2.75, 3.05) is 0 Å². The number of ether oxygens (including phenoxy) is 1. The summed E-state index contributed by atoms with van der Waals surface area (Å²) in [6.45, 7) is 6.21. The lowest BCUT2D eigenvalue weighted by Crippen LogP contribution is -2.12. The summed E-state index contributed by atoms with van der Waals surface area (Å²) < 4.78 is 6.62. The molecule has 0 saturated carbocycles. The van der Waals surface area contributed by atoms with Crippen molar-refractivity contribution in [1.29, 1.82) is 5.26 Å². The van der Waals surface area contributed by atoms with Crippen LogP contribution in [0, 0.1) is 11.5 Å². The van der Waals surface area contributed by atoms with Crippen LogP contribution in [-0.4, -0.2) is 9.78 Å². The first-order valence-electron chi connectivity index (χ1n) is 5.74. The van der Waals surface area contributed by atoms with Crippen LogP contribution in [0.3, 0.4) is 0 Å². The minimum atomic E-state index is -0.0897. The van der Waals surface area contributed by atoms with Crippen LogP contribution in [0.2, 0.25) is 0 Å². The highest BCUT2D eigenvalue weighted by atomic mass is 16.5. The zero-order chi connectivity index (χ0) is 13.2. The zero-order valence-corrected chi connectivity index (χ0v) is 10.7. The van der Waals surface area contributed by atoms with Crippen molar-refractivity contribution in [3.8, 4) is 17.8 Å². The number of aromatic nitrogens is 2. The maximum absolute atomic E-state index is 8.69. The molecule has 4 nitrogen and oxygen atoms in total. The van der Waals surface area contributed by atoms with Gasteiger partial charge >= 0.3 is 0 Å². The minimum absolute atomic E-state index is 0.0897. The Morgan fingerprint density at radius 3 is 2.44 bits per heavy atom. The molecule has 0 aliphatic carbocycles. The van der Waals surface area contributed by atoms with E-state index in [9.17, 15) is 0 Å². The molecule has 1 aromatic carbocycles. The first-order chi connectivity index (χ1) is 8.52.